The fourth-order valence-electron chi connectivity index (χ4n) is 0.804. The molecule has 0 saturated heterocycles. The van der Waals surface area contributed by atoms with E-state index in [-0.39, 0.29) is 5.82 Å². The van der Waals surface area contributed by atoms with Crippen LogP contribution in [-0.2, 0) is 6.54 Å². The van der Waals surface area contributed by atoms with Crippen molar-refractivity contribution in [3.63, 3.8) is 0 Å². The van der Waals surface area contributed by atoms with Crippen LogP contribution in [0.3, 0.4) is 0 Å². The molecule has 0 N–H and O–H groups in total. The first-order chi connectivity index (χ1) is 6.15. The van der Waals surface area contributed by atoms with Crippen LogP contribution in [0.4, 0.5) is 5.82 Å². The van der Waals surface area contributed by atoms with Gasteiger partial charge in [-0.1, -0.05) is 0 Å². The molecule has 0 radical (unpaired) electrons. The van der Waals surface area contributed by atoms with E-state index in [4.69, 9.17) is 6.42 Å². The standard InChI is InChI=1S/C7H6BrN3O2/c1-2-3-4-10-5-6(8)7(9-10)11(12)13/h1,5H,3-4H2. The Balaban J connectivity index is 2.84. The summed E-state index contributed by atoms with van der Waals surface area (Å²) in [5, 5.41) is 14.1. The summed E-state index contributed by atoms with van der Waals surface area (Å²) in [5.74, 6) is 2.24. The molecule has 0 fully saturated rings. The van der Waals surface area contributed by atoms with E-state index < -0.39 is 4.92 Å². The molecular formula is C7H6BrN3O2. The maximum absolute atomic E-state index is 10.4. The highest BCUT2D eigenvalue weighted by molar-refractivity contribution is 9.10. The lowest BCUT2D eigenvalue weighted by Crippen LogP contribution is -1.98. The molecule has 68 valence electrons. The van der Waals surface area contributed by atoms with E-state index in [0.29, 0.717) is 17.4 Å². The summed E-state index contributed by atoms with van der Waals surface area (Å²) < 4.78 is 1.82. The average Bonchev–Trinajstić information content (AvgIpc) is 2.43. The second-order valence-electron chi connectivity index (χ2n) is 2.27. The van der Waals surface area contributed by atoms with Gasteiger partial charge in [0, 0.05) is 6.42 Å². The maximum Gasteiger partial charge on any atom is 0.404 e. The second kappa shape index (κ2) is 4.05. The molecule has 0 atom stereocenters. The molecule has 1 heterocycles. The van der Waals surface area contributed by atoms with Crippen LogP contribution in [0.2, 0.25) is 0 Å². The van der Waals surface area contributed by atoms with Gasteiger partial charge in [-0.2, -0.15) is 4.68 Å². The van der Waals surface area contributed by atoms with Crippen LogP contribution in [0.25, 0.3) is 0 Å². The summed E-state index contributed by atoms with van der Waals surface area (Å²) in [6.45, 7) is 0.489. The Hall–Kier alpha value is -1.35. The van der Waals surface area contributed by atoms with Gasteiger partial charge in [-0.3, -0.25) is 0 Å². The van der Waals surface area contributed by atoms with Gasteiger partial charge in [-0.15, -0.1) is 12.3 Å². The van der Waals surface area contributed by atoms with E-state index in [1.165, 1.54) is 10.9 Å². The Morgan fingerprint density at radius 3 is 3.00 bits per heavy atom. The van der Waals surface area contributed by atoms with Crippen LogP contribution in [-0.4, -0.2) is 14.7 Å². The van der Waals surface area contributed by atoms with Crippen LogP contribution < -0.4 is 0 Å². The fourth-order valence-corrected chi connectivity index (χ4v) is 1.26. The van der Waals surface area contributed by atoms with Crippen molar-refractivity contribution in [2.75, 3.05) is 0 Å². The van der Waals surface area contributed by atoms with Crippen LogP contribution in [0.1, 0.15) is 6.42 Å². The van der Waals surface area contributed by atoms with Crippen molar-refractivity contribution in [1.82, 2.24) is 9.78 Å². The molecule has 0 aliphatic rings. The van der Waals surface area contributed by atoms with E-state index in [1.807, 2.05) is 0 Å². The molecule has 1 aromatic rings. The van der Waals surface area contributed by atoms with Crippen molar-refractivity contribution in [3.8, 4) is 12.3 Å². The number of aryl methyl sites for hydroxylation is 1. The van der Waals surface area contributed by atoms with Crippen molar-refractivity contribution in [1.29, 1.82) is 0 Å². The molecule has 1 aromatic heterocycles. The molecule has 1 rings (SSSR count). The highest BCUT2D eigenvalue weighted by Gasteiger charge is 2.17. The van der Waals surface area contributed by atoms with E-state index in [1.54, 1.807) is 0 Å². The molecule has 0 bridgehead atoms. The number of rotatable bonds is 3. The maximum atomic E-state index is 10.4. The number of nitro groups is 1. The summed E-state index contributed by atoms with van der Waals surface area (Å²) in [5.41, 5.74) is 0. The third-order valence-corrected chi connectivity index (χ3v) is 1.92. The molecule has 0 aliphatic carbocycles. The summed E-state index contributed by atoms with van der Waals surface area (Å²) >= 11 is 3.03. The zero-order valence-electron chi connectivity index (χ0n) is 6.61. The zero-order chi connectivity index (χ0) is 9.84. The third kappa shape index (κ3) is 2.29. The van der Waals surface area contributed by atoms with E-state index in [2.05, 4.69) is 26.9 Å². The van der Waals surface area contributed by atoms with Crippen LogP contribution in [0.15, 0.2) is 10.7 Å². The van der Waals surface area contributed by atoms with Gasteiger partial charge in [0.15, 0.2) is 0 Å². The smallest absolute Gasteiger partial charge is 0.358 e. The normalized spacial score (nSPS) is 9.54. The lowest BCUT2D eigenvalue weighted by atomic mass is 10.4. The largest absolute Gasteiger partial charge is 0.404 e. The van der Waals surface area contributed by atoms with Crippen molar-refractivity contribution < 1.29 is 4.92 Å². The minimum atomic E-state index is -0.545. The quantitative estimate of drug-likeness (QED) is 0.460. The van der Waals surface area contributed by atoms with E-state index in [0.717, 1.165) is 0 Å². The van der Waals surface area contributed by atoms with Crippen LogP contribution in [0.5, 0.6) is 0 Å². The monoisotopic (exact) mass is 243 g/mol. The Labute approximate surface area is 83.0 Å². The third-order valence-electron chi connectivity index (χ3n) is 1.36. The zero-order valence-corrected chi connectivity index (χ0v) is 8.19. The number of aromatic nitrogens is 2. The number of hydrogen-bond donors (Lipinski definition) is 0. The highest BCUT2D eigenvalue weighted by Crippen LogP contribution is 2.21. The fraction of sp³-hybridized carbons (Fsp3) is 0.286. The average molecular weight is 244 g/mol. The predicted octanol–water partition coefficient (Wildman–Crippen LogP) is 1.58. The summed E-state index contributed by atoms with van der Waals surface area (Å²) in [4.78, 5) is 9.82. The van der Waals surface area contributed by atoms with Crippen molar-refractivity contribution in [2.24, 2.45) is 0 Å². The van der Waals surface area contributed by atoms with Gasteiger partial charge in [0.2, 0.25) is 0 Å². The molecule has 0 aromatic carbocycles. The van der Waals surface area contributed by atoms with Gasteiger partial charge < -0.3 is 10.1 Å². The summed E-state index contributed by atoms with van der Waals surface area (Å²) in [7, 11) is 0. The number of nitrogens with zero attached hydrogens (tertiary/aromatic N) is 3. The van der Waals surface area contributed by atoms with E-state index >= 15 is 0 Å². The van der Waals surface area contributed by atoms with Crippen molar-refractivity contribution in [3.05, 3.63) is 20.8 Å². The minimum absolute atomic E-state index is 0.183. The molecular weight excluding hydrogens is 238 g/mol. The lowest BCUT2D eigenvalue weighted by molar-refractivity contribution is -0.390. The molecule has 0 amide bonds. The number of hydrogen-bond acceptors (Lipinski definition) is 3. The number of terminal acetylenes is 1. The SMILES string of the molecule is C#CCCn1cc(Br)c([N+](=O)[O-])n1. The molecule has 13 heavy (non-hydrogen) atoms. The Bertz CT molecular complexity index is 366. The molecule has 6 heteroatoms. The van der Waals surface area contributed by atoms with Crippen molar-refractivity contribution >= 4 is 21.7 Å². The molecule has 0 aliphatic heterocycles. The van der Waals surface area contributed by atoms with E-state index in [9.17, 15) is 10.1 Å². The Morgan fingerprint density at radius 2 is 2.54 bits per heavy atom. The molecule has 0 unspecified atom stereocenters. The molecule has 0 saturated carbocycles. The first-order valence-electron chi connectivity index (χ1n) is 3.46. The summed E-state index contributed by atoms with van der Waals surface area (Å²) in [6.07, 6.45) is 7.09. The van der Waals surface area contributed by atoms with Gasteiger partial charge >= 0.3 is 5.82 Å². The second-order valence-corrected chi connectivity index (χ2v) is 3.13. The first-order valence-corrected chi connectivity index (χ1v) is 4.25. The van der Waals surface area contributed by atoms with Gasteiger partial charge in [-0.05, 0) is 20.9 Å². The van der Waals surface area contributed by atoms with Crippen molar-refractivity contribution in [2.45, 2.75) is 13.0 Å². The molecule has 5 nitrogen and oxygen atoms in total. The lowest BCUT2D eigenvalue weighted by Gasteiger charge is -1.88. The predicted molar refractivity (Wildman–Crippen MR) is 50.0 cm³/mol. The summed E-state index contributed by atoms with van der Waals surface area (Å²) in [6, 6.07) is 0. The topological polar surface area (TPSA) is 61.0 Å². The van der Waals surface area contributed by atoms with Gasteiger partial charge in [-0.25, -0.2) is 0 Å². The van der Waals surface area contributed by atoms with Crippen LogP contribution >= 0.6 is 15.9 Å². The van der Waals surface area contributed by atoms with Gasteiger partial charge in [0.05, 0.1) is 17.8 Å². The van der Waals surface area contributed by atoms with Crippen LogP contribution in [0, 0.1) is 22.5 Å². The molecule has 0 spiro atoms. The first kappa shape index (κ1) is 9.74. The highest BCUT2D eigenvalue weighted by atomic mass is 79.9. The van der Waals surface area contributed by atoms with Gasteiger partial charge in [0.1, 0.15) is 4.47 Å². The number of halogens is 1. The minimum Gasteiger partial charge on any atom is -0.358 e. The Kier molecular flexibility index (Phi) is 3.03. The van der Waals surface area contributed by atoms with Gasteiger partial charge in [0.25, 0.3) is 0 Å². The Morgan fingerprint density at radius 1 is 1.85 bits per heavy atom.